The molecule has 1 aromatic rings. The van der Waals surface area contributed by atoms with Gasteiger partial charge in [-0.05, 0) is 36.5 Å². The molecule has 4 nitrogen and oxygen atoms in total. The smallest absolute Gasteiger partial charge is 0.313 e. The van der Waals surface area contributed by atoms with E-state index in [0.29, 0.717) is 24.7 Å². The summed E-state index contributed by atoms with van der Waals surface area (Å²) in [6.07, 6.45) is 1.70. The van der Waals surface area contributed by atoms with Crippen LogP contribution < -0.4 is 5.32 Å². The number of carbonyl (C=O) groups is 2. The Balaban J connectivity index is 2.68. The first-order valence-corrected chi connectivity index (χ1v) is 7.69. The van der Waals surface area contributed by atoms with Gasteiger partial charge >= 0.3 is 11.8 Å². The van der Waals surface area contributed by atoms with Crippen molar-refractivity contribution in [2.45, 2.75) is 46.5 Å². The van der Waals surface area contributed by atoms with Crippen molar-refractivity contribution in [1.29, 1.82) is 0 Å². The van der Waals surface area contributed by atoms with Crippen molar-refractivity contribution in [2.24, 2.45) is 0 Å². The Hall–Kier alpha value is -1.84. The van der Waals surface area contributed by atoms with Crippen LogP contribution in [-0.4, -0.2) is 29.8 Å². The Morgan fingerprint density at radius 1 is 1.05 bits per heavy atom. The van der Waals surface area contributed by atoms with E-state index in [4.69, 9.17) is 0 Å². The van der Waals surface area contributed by atoms with Crippen molar-refractivity contribution in [3.63, 3.8) is 0 Å². The number of nitrogens with zero attached hydrogens (tertiary/aromatic N) is 1. The fourth-order valence-corrected chi connectivity index (χ4v) is 2.13. The molecule has 0 saturated carbocycles. The molecule has 0 spiro atoms. The van der Waals surface area contributed by atoms with Gasteiger partial charge in [-0.25, -0.2) is 0 Å². The molecule has 0 aromatic heterocycles. The minimum Gasteiger partial charge on any atom is -0.334 e. The van der Waals surface area contributed by atoms with E-state index < -0.39 is 11.8 Å². The lowest BCUT2D eigenvalue weighted by Crippen LogP contribution is -2.40. The number of amides is 2. The summed E-state index contributed by atoms with van der Waals surface area (Å²) in [6, 6.07) is 7.62. The quantitative estimate of drug-likeness (QED) is 0.816. The molecule has 0 heterocycles. The molecule has 0 fully saturated rings. The van der Waals surface area contributed by atoms with Gasteiger partial charge < -0.3 is 10.2 Å². The van der Waals surface area contributed by atoms with Crippen molar-refractivity contribution in [3.05, 3.63) is 29.8 Å². The third kappa shape index (κ3) is 5.21. The standard InChI is InChI=1S/C17H26N2O2/c1-5-11-19(12-6-2)17(21)16(20)18-15-9-7-14(8-10-15)13(3)4/h7-10,13H,5-6,11-12H2,1-4H3,(H,18,20). The summed E-state index contributed by atoms with van der Waals surface area (Å²) in [6.45, 7) is 9.46. The fraction of sp³-hybridized carbons (Fsp3) is 0.529. The molecule has 0 unspecified atom stereocenters. The SMILES string of the molecule is CCCN(CCC)C(=O)C(=O)Nc1ccc(C(C)C)cc1. The van der Waals surface area contributed by atoms with Crippen LogP contribution in [0.3, 0.4) is 0 Å². The van der Waals surface area contributed by atoms with Crippen LogP contribution in [0.5, 0.6) is 0 Å². The first-order chi connectivity index (χ1) is 9.99. The Morgan fingerprint density at radius 3 is 2.00 bits per heavy atom. The molecule has 1 aromatic carbocycles. The minimum absolute atomic E-state index is 0.445. The van der Waals surface area contributed by atoms with E-state index >= 15 is 0 Å². The summed E-state index contributed by atoms with van der Waals surface area (Å²) < 4.78 is 0. The summed E-state index contributed by atoms with van der Waals surface area (Å²) in [5.41, 5.74) is 1.86. The predicted octanol–water partition coefficient (Wildman–Crippen LogP) is 3.40. The lowest BCUT2D eigenvalue weighted by molar-refractivity contribution is -0.143. The molecule has 4 heteroatoms. The molecule has 0 aliphatic heterocycles. The van der Waals surface area contributed by atoms with Crippen LogP contribution in [0, 0.1) is 0 Å². The van der Waals surface area contributed by atoms with Crippen molar-refractivity contribution < 1.29 is 9.59 Å². The van der Waals surface area contributed by atoms with Crippen LogP contribution in [-0.2, 0) is 9.59 Å². The molecule has 1 N–H and O–H groups in total. The second kappa shape index (κ2) is 8.45. The van der Waals surface area contributed by atoms with Crippen LogP contribution in [0.15, 0.2) is 24.3 Å². The lowest BCUT2D eigenvalue weighted by Gasteiger charge is -2.20. The van der Waals surface area contributed by atoms with Crippen molar-refractivity contribution >= 4 is 17.5 Å². The van der Waals surface area contributed by atoms with Crippen LogP contribution in [0.1, 0.15) is 52.0 Å². The van der Waals surface area contributed by atoms with Gasteiger partial charge in [0, 0.05) is 18.8 Å². The summed E-state index contributed by atoms with van der Waals surface area (Å²) in [7, 11) is 0. The van der Waals surface area contributed by atoms with Gasteiger partial charge in [-0.2, -0.15) is 0 Å². The zero-order chi connectivity index (χ0) is 15.8. The molecule has 0 atom stereocenters. The molecule has 0 aliphatic carbocycles. The fourth-order valence-electron chi connectivity index (χ4n) is 2.13. The first-order valence-electron chi connectivity index (χ1n) is 7.69. The molecular weight excluding hydrogens is 264 g/mol. The van der Waals surface area contributed by atoms with Gasteiger partial charge in [0.1, 0.15) is 0 Å². The zero-order valence-corrected chi connectivity index (χ0v) is 13.5. The number of hydrogen-bond acceptors (Lipinski definition) is 2. The summed E-state index contributed by atoms with van der Waals surface area (Å²) >= 11 is 0. The highest BCUT2D eigenvalue weighted by molar-refractivity contribution is 6.39. The number of benzene rings is 1. The van der Waals surface area contributed by atoms with Gasteiger partial charge in [-0.3, -0.25) is 9.59 Å². The maximum absolute atomic E-state index is 12.1. The number of hydrogen-bond donors (Lipinski definition) is 1. The molecule has 0 aliphatic rings. The molecule has 2 amide bonds. The molecule has 0 bridgehead atoms. The first kappa shape index (κ1) is 17.2. The third-order valence-electron chi connectivity index (χ3n) is 3.30. The Morgan fingerprint density at radius 2 is 1.57 bits per heavy atom. The van der Waals surface area contributed by atoms with E-state index in [9.17, 15) is 9.59 Å². The molecule has 116 valence electrons. The lowest BCUT2D eigenvalue weighted by atomic mass is 10.0. The second-order valence-electron chi connectivity index (χ2n) is 5.52. The van der Waals surface area contributed by atoms with E-state index in [2.05, 4.69) is 19.2 Å². The monoisotopic (exact) mass is 290 g/mol. The number of nitrogens with one attached hydrogen (secondary N) is 1. The van der Waals surface area contributed by atoms with Gasteiger partial charge in [0.15, 0.2) is 0 Å². The van der Waals surface area contributed by atoms with Crippen LogP contribution in [0.4, 0.5) is 5.69 Å². The normalized spacial score (nSPS) is 10.5. The Kier molecular flexibility index (Phi) is 6.92. The minimum atomic E-state index is -0.561. The van der Waals surface area contributed by atoms with Crippen LogP contribution in [0.25, 0.3) is 0 Å². The highest BCUT2D eigenvalue weighted by atomic mass is 16.2. The van der Waals surface area contributed by atoms with Crippen molar-refractivity contribution in [2.75, 3.05) is 18.4 Å². The van der Waals surface area contributed by atoms with Gasteiger partial charge in [0.05, 0.1) is 0 Å². The summed E-state index contributed by atoms with van der Waals surface area (Å²) in [5.74, 6) is -0.568. The second-order valence-corrected chi connectivity index (χ2v) is 5.52. The van der Waals surface area contributed by atoms with E-state index in [1.807, 2.05) is 38.1 Å². The topological polar surface area (TPSA) is 49.4 Å². The Bertz CT molecular complexity index is 460. The van der Waals surface area contributed by atoms with Crippen molar-refractivity contribution in [3.8, 4) is 0 Å². The highest BCUT2D eigenvalue weighted by Crippen LogP contribution is 2.17. The van der Waals surface area contributed by atoms with Gasteiger partial charge in [0.25, 0.3) is 0 Å². The van der Waals surface area contributed by atoms with Crippen LogP contribution in [0.2, 0.25) is 0 Å². The third-order valence-corrected chi connectivity index (χ3v) is 3.30. The van der Waals surface area contributed by atoms with Gasteiger partial charge in [-0.1, -0.05) is 39.8 Å². The predicted molar refractivity (Wildman–Crippen MR) is 86.3 cm³/mol. The number of anilines is 1. The van der Waals surface area contributed by atoms with Crippen LogP contribution >= 0.6 is 0 Å². The summed E-state index contributed by atoms with van der Waals surface area (Å²) in [4.78, 5) is 25.7. The zero-order valence-electron chi connectivity index (χ0n) is 13.5. The summed E-state index contributed by atoms with van der Waals surface area (Å²) in [5, 5.41) is 2.67. The maximum Gasteiger partial charge on any atom is 0.313 e. The van der Waals surface area contributed by atoms with E-state index in [0.717, 1.165) is 12.8 Å². The average Bonchev–Trinajstić information content (AvgIpc) is 2.46. The number of rotatable bonds is 6. The van der Waals surface area contributed by atoms with E-state index in [1.54, 1.807) is 4.90 Å². The molecule has 0 radical (unpaired) electrons. The molecule has 0 saturated heterocycles. The largest absolute Gasteiger partial charge is 0.334 e. The van der Waals surface area contributed by atoms with E-state index in [1.165, 1.54) is 5.56 Å². The molecular formula is C17H26N2O2. The van der Waals surface area contributed by atoms with Crippen molar-refractivity contribution in [1.82, 2.24) is 4.90 Å². The highest BCUT2D eigenvalue weighted by Gasteiger charge is 2.20. The van der Waals surface area contributed by atoms with Gasteiger partial charge in [-0.15, -0.1) is 0 Å². The number of carbonyl (C=O) groups excluding carboxylic acids is 2. The molecule has 1 rings (SSSR count). The average molecular weight is 290 g/mol. The molecule has 21 heavy (non-hydrogen) atoms. The maximum atomic E-state index is 12.1. The van der Waals surface area contributed by atoms with E-state index in [-0.39, 0.29) is 0 Å². The van der Waals surface area contributed by atoms with Gasteiger partial charge in [0.2, 0.25) is 0 Å². The Labute approximate surface area is 127 Å².